The number of urea groups is 1. The number of hydrogen-bond acceptors (Lipinski definition) is 4. The summed E-state index contributed by atoms with van der Waals surface area (Å²) >= 11 is 5.88. The summed E-state index contributed by atoms with van der Waals surface area (Å²) in [6.07, 6.45) is 0. The molecule has 1 aromatic carbocycles. The van der Waals surface area contributed by atoms with Crippen LogP contribution in [0.3, 0.4) is 0 Å². The number of benzene rings is 1. The highest BCUT2D eigenvalue weighted by Crippen LogP contribution is 2.15. The number of carbonyl (C=O) groups is 2. The number of hydrogen-bond donors (Lipinski definition) is 3. The third kappa shape index (κ3) is 4.99. The third-order valence-electron chi connectivity index (χ3n) is 3.20. The molecule has 0 fully saturated rings. The predicted octanol–water partition coefficient (Wildman–Crippen LogP) is 3.42. The highest BCUT2D eigenvalue weighted by Gasteiger charge is 2.25. The zero-order chi connectivity index (χ0) is 17.7. The van der Waals surface area contributed by atoms with Gasteiger partial charge in [-0.1, -0.05) is 36.7 Å². The Bertz CT molecular complexity index is 730. The lowest BCUT2D eigenvalue weighted by molar-refractivity contribution is -0.118. The summed E-state index contributed by atoms with van der Waals surface area (Å²) in [5.74, 6) is 0.390. The summed E-state index contributed by atoms with van der Waals surface area (Å²) in [5.41, 5.74) is 0.537. The molecule has 3 N–H and O–H groups in total. The van der Waals surface area contributed by atoms with Crippen LogP contribution in [-0.2, 0) is 4.79 Å². The Morgan fingerprint density at radius 3 is 2.54 bits per heavy atom. The van der Waals surface area contributed by atoms with Crippen molar-refractivity contribution in [3.63, 3.8) is 0 Å². The zero-order valence-electron chi connectivity index (χ0n) is 13.6. The molecule has 24 heavy (non-hydrogen) atoms. The van der Waals surface area contributed by atoms with Gasteiger partial charge in [-0.3, -0.25) is 4.79 Å². The number of nitrogens with zero attached hydrogens (tertiary/aromatic N) is 1. The van der Waals surface area contributed by atoms with Crippen LogP contribution in [0.25, 0.3) is 0 Å². The lowest BCUT2D eigenvalue weighted by Gasteiger charge is -2.21. The lowest BCUT2D eigenvalue weighted by Crippen LogP contribution is -2.48. The molecule has 8 heteroatoms. The van der Waals surface area contributed by atoms with Crippen LogP contribution in [0.5, 0.6) is 0 Å². The Hall–Kier alpha value is -2.54. The Balaban J connectivity index is 1.99. The summed E-state index contributed by atoms with van der Waals surface area (Å²) in [4.78, 5) is 24.5. The maximum absolute atomic E-state index is 12.3. The first-order valence-corrected chi connectivity index (χ1v) is 7.80. The van der Waals surface area contributed by atoms with Crippen molar-refractivity contribution in [1.82, 2.24) is 10.5 Å². The summed E-state index contributed by atoms with van der Waals surface area (Å²) in [6.45, 7) is 5.38. The van der Waals surface area contributed by atoms with Gasteiger partial charge in [0, 0.05) is 16.8 Å². The maximum atomic E-state index is 12.3. The van der Waals surface area contributed by atoms with Gasteiger partial charge in [-0.15, -0.1) is 0 Å². The topological polar surface area (TPSA) is 96.3 Å². The molecule has 0 bridgehead atoms. The molecule has 1 aromatic heterocycles. The molecule has 0 aliphatic heterocycles. The standard InChI is InChI=1S/C16H19ClN4O3/c1-9(2)14(15(22)19-13-7-10(3)24-21-13)20-16(23)18-12-6-4-5-11(17)8-12/h4-9,14H,1-3H3,(H2,18,20,23)(H,19,21,22)/t14-/m0/s1. The second-order valence-corrected chi connectivity index (χ2v) is 6.08. The van der Waals surface area contributed by atoms with Crippen molar-refractivity contribution >= 4 is 35.0 Å². The molecule has 0 saturated heterocycles. The van der Waals surface area contributed by atoms with Crippen LogP contribution in [0.15, 0.2) is 34.9 Å². The van der Waals surface area contributed by atoms with E-state index in [0.29, 0.717) is 22.3 Å². The number of halogens is 1. The van der Waals surface area contributed by atoms with Gasteiger partial charge in [-0.2, -0.15) is 0 Å². The van der Waals surface area contributed by atoms with Gasteiger partial charge in [0.15, 0.2) is 5.82 Å². The molecule has 3 amide bonds. The zero-order valence-corrected chi connectivity index (χ0v) is 14.3. The van der Waals surface area contributed by atoms with E-state index in [2.05, 4.69) is 21.1 Å². The fourth-order valence-corrected chi connectivity index (χ4v) is 2.23. The Morgan fingerprint density at radius 1 is 1.21 bits per heavy atom. The Morgan fingerprint density at radius 2 is 1.96 bits per heavy atom. The molecular formula is C16H19ClN4O3. The van der Waals surface area contributed by atoms with Crippen molar-refractivity contribution in [2.45, 2.75) is 26.8 Å². The Kier molecular flexibility index (Phi) is 5.81. The predicted molar refractivity (Wildman–Crippen MR) is 92.1 cm³/mol. The first-order valence-electron chi connectivity index (χ1n) is 7.42. The Labute approximate surface area is 144 Å². The van der Waals surface area contributed by atoms with Gasteiger partial charge < -0.3 is 20.5 Å². The van der Waals surface area contributed by atoms with Crippen molar-refractivity contribution in [2.24, 2.45) is 5.92 Å². The molecule has 0 saturated carbocycles. The van der Waals surface area contributed by atoms with E-state index >= 15 is 0 Å². The smallest absolute Gasteiger partial charge is 0.319 e. The highest BCUT2D eigenvalue weighted by atomic mass is 35.5. The molecule has 0 radical (unpaired) electrons. The number of rotatable bonds is 5. The molecular weight excluding hydrogens is 332 g/mol. The molecule has 7 nitrogen and oxygen atoms in total. The minimum absolute atomic E-state index is 0.122. The first kappa shape index (κ1) is 17.8. The van der Waals surface area contributed by atoms with Gasteiger partial charge >= 0.3 is 6.03 Å². The van der Waals surface area contributed by atoms with E-state index in [1.54, 1.807) is 37.3 Å². The molecule has 0 aliphatic rings. The van der Waals surface area contributed by atoms with E-state index in [9.17, 15) is 9.59 Å². The summed E-state index contributed by atoms with van der Waals surface area (Å²) in [6, 6.07) is 7.11. The number of aryl methyl sites for hydroxylation is 1. The summed E-state index contributed by atoms with van der Waals surface area (Å²) in [7, 11) is 0. The molecule has 1 heterocycles. The molecule has 128 valence electrons. The van der Waals surface area contributed by atoms with Crippen LogP contribution in [-0.4, -0.2) is 23.1 Å². The van der Waals surface area contributed by atoms with Gasteiger partial charge in [0.05, 0.1) is 0 Å². The normalized spacial score (nSPS) is 11.9. The maximum Gasteiger partial charge on any atom is 0.319 e. The number of nitrogens with one attached hydrogen (secondary N) is 3. The van der Waals surface area contributed by atoms with Crippen molar-refractivity contribution in [2.75, 3.05) is 10.6 Å². The second kappa shape index (κ2) is 7.83. The van der Waals surface area contributed by atoms with E-state index in [1.807, 2.05) is 13.8 Å². The van der Waals surface area contributed by atoms with Crippen LogP contribution in [0.4, 0.5) is 16.3 Å². The van der Waals surface area contributed by atoms with E-state index in [1.165, 1.54) is 0 Å². The number of aromatic nitrogens is 1. The van der Waals surface area contributed by atoms with Crippen LogP contribution in [0.1, 0.15) is 19.6 Å². The molecule has 0 aliphatic carbocycles. The molecule has 2 rings (SSSR count). The van der Waals surface area contributed by atoms with E-state index < -0.39 is 12.1 Å². The van der Waals surface area contributed by atoms with E-state index in [4.69, 9.17) is 16.1 Å². The van der Waals surface area contributed by atoms with Crippen LogP contribution >= 0.6 is 11.6 Å². The molecule has 1 atom stereocenters. The van der Waals surface area contributed by atoms with Crippen LogP contribution in [0, 0.1) is 12.8 Å². The molecule has 2 aromatic rings. The quantitative estimate of drug-likeness (QED) is 0.769. The first-order chi connectivity index (χ1) is 11.3. The molecule has 0 unspecified atom stereocenters. The number of amides is 3. The number of carbonyl (C=O) groups excluding carboxylic acids is 2. The van der Waals surface area contributed by atoms with Crippen LogP contribution in [0.2, 0.25) is 5.02 Å². The summed E-state index contributed by atoms with van der Waals surface area (Å²) < 4.78 is 4.90. The van der Waals surface area contributed by atoms with Gasteiger partial charge in [0.25, 0.3) is 0 Å². The van der Waals surface area contributed by atoms with Gasteiger partial charge in [0.1, 0.15) is 11.8 Å². The van der Waals surface area contributed by atoms with Gasteiger partial charge in [0.2, 0.25) is 5.91 Å². The molecule has 0 spiro atoms. The van der Waals surface area contributed by atoms with Crippen molar-refractivity contribution in [3.8, 4) is 0 Å². The average Bonchev–Trinajstić information content (AvgIpc) is 2.89. The lowest BCUT2D eigenvalue weighted by atomic mass is 10.0. The average molecular weight is 351 g/mol. The minimum Gasteiger partial charge on any atom is -0.360 e. The van der Waals surface area contributed by atoms with E-state index in [0.717, 1.165) is 0 Å². The van der Waals surface area contributed by atoms with Crippen LogP contribution < -0.4 is 16.0 Å². The summed E-state index contributed by atoms with van der Waals surface area (Å²) in [5, 5.41) is 12.1. The fraction of sp³-hybridized carbons (Fsp3) is 0.312. The third-order valence-corrected chi connectivity index (χ3v) is 3.43. The van der Waals surface area contributed by atoms with Crippen molar-refractivity contribution in [1.29, 1.82) is 0 Å². The van der Waals surface area contributed by atoms with E-state index in [-0.39, 0.29) is 11.8 Å². The fourth-order valence-electron chi connectivity index (χ4n) is 2.04. The van der Waals surface area contributed by atoms with Gasteiger partial charge in [-0.05, 0) is 31.0 Å². The second-order valence-electron chi connectivity index (χ2n) is 5.64. The largest absolute Gasteiger partial charge is 0.360 e. The van der Waals surface area contributed by atoms with Crippen molar-refractivity contribution < 1.29 is 14.1 Å². The number of anilines is 2. The monoisotopic (exact) mass is 350 g/mol. The van der Waals surface area contributed by atoms with Gasteiger partial charge in [-0.25, -0.2) is 4.79 Å². The highest BCUT2D eigenvalue weighted by molar-refractivity contribution is 6.30. The van der Waals surface area contributed by atoms with Crippen molar-refractivity contribution in [3.05, 3.63) is 41.1 Å². The minimum atomic E-state index is -0.735. The SMILES string of the molecule is Cc1cc(NC(=O)[C@@H](NC(=O)Nc2cccc(Cl)c2)C(C)C)no1.